The molecule has 0 aliphatic heterocycles. The van der Waals surface area contributed by atoms with Gasteiger partial charge in [0.2, 0.25) is 0 Å². The first-order valence-electron chi connectivity index (χ1n) is 3.04. The van der Waals surface area contributed by atoms with Gasteiger partial charge in [0, 0.05) is 0 Å². The quantitative estimate of drug-likeness (QED) is 0.502. The van der Waals surface area contributed by atoms with E-state index >= 15 is 0 Å². The molecular formula is C6H5N3OS. The second-order valence-corrected chi connectivity index (χ2v) is 2.20. The predicted molar refractivity (Wildman–Crippen MR) is 43.1 cm³/mol. The van der Waals surface area contributed by atoms with Crippen LogP contribution >= 0.6 is 12.9 Å². The zero-order chi connectivity index (χ0) is 7.68. The molecule has 0 saturated heterocycles. The van der Waals surface area contributed by atoms with Crippen LogP contribution in [0.4, 0.5) is 0 Å². The van der Waals surface area contributed by atoms with Gasteiger partial charge < -0.3 is 4.28 Å². The van der Waals surface area contributed by atoms with E-state index in [9.17, 15) is 0 Å². The average Bonchev–Trinajstić information content (AvgIpc) is 2.47. The maximum Gasteiger partial charge on any atom is 0.132 e. The zero-order valence-corrected chi connectivity index (χ0v) is 6.40. The summed E-state index contributed by atoms with van der Waals surface area (Å²) in [5, 5.41) is 7.51. The van der Waals surface area contributed by atoms with Gasteiger partial charge in [0.15, 0.2) is 0 Å². The van der Waals surface area contributed by atoms with Crippen LogP contribution in [-0.2, 0) is 0 Å². The zero-order valence-electron chi connectivity index (χ0n) is 5.51. The molecule has 0 saturated carbocycles. The van der Waals surface area contributed by atoms with Crippen LogP contribution in [0, 0.1) is 0 Å². The largest absolute Gasteiger partial charge is 0.325 e. The van der Waals surface area contributed by atoms with E-state index in [1.54, 1.807) is 0 Å². The van der Waals surface area contributed by atoms with Crippen molar-refractivity contribution in [1.82, 2.24) is 15.2 Å². The van der Waals surface area contributed by atoms with Crippen molar-refractivity contribution in [2.75, 3.05) is 0 Å². The minimum absolute atomic E-state index is 0.793. The molecule has 2 rings (SSSR count). The van der Waals surface area contributed by atoms with Crippen LogP contribution in [0.25, 0.3) is 11.0 Å². The minimum atomic E-state index is 0.793. The lowest BCUT2D eigenvalue weighted by atomic mass is 10.3. The molecule has 0 aliphatic rings. The lowest BCUT2D eigenvalue weighted by Crippen LogP contribution is -2.01. The molecule has 4 nitrogen and oxygen atoms in total. The van der Waals surface area contributed by atoms with Crippen molar-refractivity contribution in [3.05, 3.63) is 24.3 Å². The summed E-state index contributed by atoms with van der Waals surface area (Å²) >= 11 is 3.61. The van der Waals surface area contributed by atoms with Crippen molar-refractivity contribution in [1.29, 1.82) is 0 Å². The number of hydrogen-bond donors (Lipinski definition) is 1. The molecule has 0 atom stereocenters. The lowest BCUT2D eigenvalue weighted by Gasteiger charge is -1.93. The topological polar surface area (TPSA) is 39.9 Å². The molecule has 0 radical (unpaired) electrons. The highest BCUT2D eigenvalue weighted by atomic mass is 32.1. The summed E-state index contributed by atoms with van der Waals surface area (Å²) in [6.07, 6.45) is 0. The highest BCUT2D eigenvalue weighted by molar-refractivity contribution is 7.75. The highest BCUT2D eigenvalue weighted by Crippen LogP contribution is 2.07. The molecular weight excluding hydrogens is 162 g/mol. The van der Waals surface area contributed by atoms with Crippen LogP contribution in [0.5, 0.6) is 0 Å². The van der Waals surface area contributed by atoms with Gasteiger partial charge in [-0.2, -0.15) is 0 Å². The van der Waals surface area contributed by atoms with E-state index < -0.39 is 0 Å². The van der Waals surface area contributed by atoms with E-state index in [4.69, 9.17) is 0 Å². The van der Waals surface area contributed by atoms with Crippen LogP contribution in [0.15, 0.2) is 24.3 Å². The third kappa shape index (κ3) is 0.932. The molecule has 5 heteroatoms. The second kappa shape index (κ2) is 2.43. The first-order valence-corrected chi connectivity index (χ1v) is 3.40. The fourth-order valence-corrected chi connectivity index (χ4v) is 1.03. The number of hydrogen-bond acceptors (Lipinski definition) is 4. The summed E-state index contributed by atoms with van der Waals surface area (Å²) in [5.41, 5.74) is 1.60. The van der Waals surface area contributed by atoms with E-state index in [0.29, 0.717) is 0 Å². The van der Waals surface area contributed by atoms with Gasteiger partial charge in [0.05, 0.1) is 12.9 Å². The lowest BCUT2D eigenvalue weighted by molar-refractivity contribution is 0.286. The van der Waals surface area contributed by atoms with Crippen molar-refractivity contribution in [3.63, 3.8) is 0 Å². The number of nitrogens with zero attached hydrogens (tertiary/aromatic N) is 3. The van der Waals surface area contributed by atoms with E-state index in [2.05, 4.69) is 27.5 Å². The summed E-state index contributed by atoms with van der Waals surface area (Å²) < 4.78 is 4.60. The van der Waals surface area contributed by atoms with E-state index in [1.807, 2.05) is 24.3 Å². The number of fused-ring (bicyclic) bond motifs is 1. The molecule has 0 spiro atoms. The molecule has 0 fully saturated rings. The Morgan fingerprint density at radius 3 is 3.00 bits per heavy atom. The molecule has 1 heterocycles. The van der Waals surface area contributed by atoms with Gasteiger partial charge in [-0.15, -0.1) is 5.10 Å². The maximum atomic E-state index is 4.60. The number of para-hydroxylation sites is 1. The Hall–Kier alpha value is -1.23. The Labute approximate surface area is 68.3 Å². The first kappa shape index (κ1) is 6.48. The number of benzene rings is 1. The Balaban J connectivity index is 2.76. The number of thiol groups is 1. The predicted octanol–water partition coefficient (Wildman–Crippen LogP) is 0.705. The smallest absolute Gasteiger partial charge is 0.132 e. The highest BCUT2D eigenvalue weighted by Gasteiger charge is 2.00. The van der Waals surface area contributed by atoms with Crippen LogP contribution in [0.3, 0.4) is 0 Å². The van der Waals surface area contributed by atoms with Crippen LogP contribution in [0.1, 0.15) is 0 Å². The molecule has 2 aromatic rings. The van der Waals surface area contributed by atoms with E-state index in [-0.39, 0.29) is 0 Å². The maximum absolute atomic E-state index is 4.60. The van der Waals surface area contributed by atoms with Crippen LogP contribution in [-0.4, -0.2) is 15.2 Å². The number of aromatic nitrogens is 3. The molecule has 0 bridgehead atoms. The van der Waals surface area contributed by atoms with Crippen LogP contribution in [0.2, 0.25) is 0 Å². The van der Waals surface area contributed by atoms with Gasteiger partial charge in [-0.25, -0.2) is 0 Å². The van der Waals surface area contributed by atoms with Crippen molar-refractivity contribution in [3.8, 4) is 0 Å². The summed E-state index contributed by atoms with van der Waals surface area (Å²) in [6.45, 7) is 0. The van der Waals surface area contributed by atoms with Crippen molar-refractivity contribution >= 4 is 23.9 Å². The average molecular weight is 167 g/mol. The van der Waals surface area contributed by atoms with E-state index in [0.717, 1.165) is 11.0 Å². The van der Waals surface area contributed by atoms with Crippen molar-refractivity contribution in [2.24, 2.45) is 0 Å². The fourth-order valence-electron chi connectivity index (χ4n) is 0.908. The normalized spacial score (nSPS) is 10.3. The molecule has 0 amide bonds. The summed E-state index contributed by atoms with van der Waals surface area (Å²) in [5.74, 6) is 0. The van der Waals surface area contributed by atoms with Gasteiger partial charge in [-0.1, -0.05) is 17.0 Å². The van der Waals surface area contributed by atoms with Gasteiger partial charge in [-0.05, 0) is 17.3 Å². The van der Waals surface area contributed by atoms with Gasteiger partial charge >= 0.3 is 0 Å². The second-order valence-electron chi connectivity index (χ2n) is 2.03. The summed E-state index contributed by atoms with van der Waals surface area (Å²) in [6, 6.07) is 7.48. The minimum Gasteiger partial charge on any atom is -0.325 e. The van der Waals surface area contributed by atoms with Crippen LogP contribution < -0.4 is 4.28 Å². The molecule has 0 N–H and O–H groups in total. The summed E-state index contributed by atoms with van der Waals surface area (Å²) in [4.78, 5) is 1.25. The Kier molecular flexibility index (Phi) is 1.43. The first-order chi connectivity index (χ1) is 5.42. The SMILES string of the molecule is SOn1nnc2ccccc21. The van der Waals surface area contributed by atoms with Crippen molar-refractivity contribution < 1.29 is 4.28 Å². The summed E-state index contributed by atoms with van der Waals surface area (Å²) in [7, 11) is 0. The Bertz CT molecular complexity index is 373. The third-order valence-corrected chi connectivity index (χ3v) is 1.55. The van der Waals surface area contributed by atoms with Gasteiger partial charge in [-0.3, -0.25) is 0 Å². The third-order valence-electron chi connectivity index (χ3n) is 1.40. The molecule has 1 aromatic carbocycles. The molecule has 1 aromatic heterocycles. The standard InChI is InChI=1S/C6H5N3OS/c11-10-9-6-4-2-1-3-5(6)7-8-9/h1-4,11H. The monoisotopic (exact) mass is 167 g/mol. The molecule has 56 valence electrons. The Morgan fingerprint density at radius 2 is 2.18 bits per heavy atom. The van der Waals surface area contributed by atoms with Gasteiger partial charge in [0.25, 0.3) is 0 Å². The molecule has 0 unspecified atom stereocenters. The fraction of sp³-hybridized carbons (Fsp3) is 0. The Morgan fingerprint density at radius 1 is 1.36 bits per heavy atom. The van der Waals surface area contributed by atoms with Crippen molar-refractivity contribution in [2.45, 2.75) is 0 Å². The molecule has 0 aliphatic carbocycles. The van der Waals surface area contributed by atoms with Gasteiger partial charge in [0.1, 0.15) is 11.0 Å². The molecule has 11 heavy (non-hydrogen) atoms. The number of rotatable bonds is 1. The van der Waals surface area contributed by atoms with E-state index in [1.165, 1.54) is 4.85 Å².